The molecule has 3 aromatic rings. The summed E-state index contributed by atoms with van der Waals surface area (Å²) in [5, 5.41) is 11.0. The molecule has 2 aliphatic heterocycles. The SMILES string of the molecule is O=C(CN1C(=O)c2ccc([N+](=O)[O-])cc2C1=O)N1CC=C(c2c[nH]c3cccnc23)CC1. The van der Waals surface area contributed by atoms with Crippen LogP contribution in [0.4, 0.5) is 5.69 Å². The fraction of sp³-hybridized carbons (Fsp3) is 0.182. The van der Waals surface area contributed by atoms with E-state index in [0.29, 0.717) is 19.5 Å². The molecule has 2 aromatic heterocycles. The minimum atomic E-state index is -0.694. The number of pyridine rings is 1. The third-order valence-electron chi connectivity index (χ3n) is 5.80. The van der Waals surface area contributed by atoms with E-state index in [4.69, 9.17) is 0 Å². The first-order valence-electron chi connectivity index (χ1n) is 9.98. The first-order valence-corrected chi connectivity index (χ1v) is 9.98. The van der Waals surface area contributed by atoms with Gasteiger partial charge in [-0.05, 0) is 30.2 Å². The summed E-state index contributed by atoms with van der Waals surface area (Å²) < 4.78 is 0. The molecule has 3 amide bonds. The van der Waals surface area contributed by atoms with Gasteiger partial charge in [0.15, 0.2) is 0 Å². The van der Waals surface area contributed by atoms with Crippen molar-refractivity contribution in [1.29, 1.82) is 0 Å². The van der Waals surface area contributed by atoms with E-state index in [0.717, 1.165) is 33.1 Å². The molecule has 0 bridgehead atoms. The van der Waals surface area contributed by atoms with Gasteiger partial charge in [-0.2, -0.15) is 0 Å². The fourth-order valence-electron chi connectivity index (χ4n) is 4.11. The van der Waals surface area contributed by atoms with Crippen LogP contribution in [0.25, 0.3) is 16.6 Å². The van der Waals surface area contributed by atoms with Crippen molar-refractivity contribution in [3.8, 4) is 0 Å². The number of imide groups is 1. The highest BCUT2D eigenvalue weighted by Gasteiger charge is 2.38. The van der Waals surface area contributed by atoms with E-state index in [1.807, 2.05) is 24.4 Å². The van der Waals surface area contributed by atoms with E-state index in [-0.39, 0.29) is 22.7 Å². The maximum absolute atomic E-state index is 12.8. The number of aromatic nitrogens is 2. The molecule has 160 valence electrons. The maximum Gasteiger partial charge on any atom is 0.270 e. The van der Waals surface area contributed by atoms with Crippen LogP contribution in [0.15, 0.2) is 48.8 Å². The van der Waals surface area contributed by atoms with Crippen molar-refractivity contribution in [3.63, 3.8) is 0 Å². The Hall–Kier alpha value is -4.34. The Morgan fingerprint density at radius 3 is 2.72 bits per heavy atom. The zero-order valence-electron chi connectivity index (χ0n) is 16.8. The van der Waals surface area contributed by atoms with Crippen LogP contribution in [0, 0.1) is 10.1 Å². The van der Waals surface area contributed by atoms with Crippen LogP contribution < -0.4 is 0 Å². The monoisotopic (exact) mass is 431 g/mol. The molecule has 0 spiro atoms. The summed E-state index contributed by atoms with van der Waals surface area (Å²) in [6.45, 7) is 0.388. The van der Waals surface area contributed by atoms with Crippen LogP contribution >= 0.6 is 0 Å². The van der Waals surface area contributed by atoms with Crippen LogP contribution in [0.3, 0.4) is 0 Å². The van der Waals surface area contributed by atoms with E-state index in [9.17, 15) is 24.5 Å². The lowest BCUT2D eigenvalue weighted by molar-refractivity contribution is -0.384. The molecule has 10 heteroatoms. The van der Waals surface area contributed by atoms with Gasteiger partial charge in [0.05, 0.1) is 27.1 Å². The molecule has 10 nitrogen and oxygen atoms in total. The Morgan fingerprint density at radius 1 is 1.16 bits per heavy atom. The summed E-state index contributed by atoms with van der Waals surface area (Å²) in [6.07, 6.45) is 6.20. The maximum atomic E-state index is 12.8. The highest BCUT2D eigenvalue weighted by atomic mass is 16.6. The second kappa shape index (κ2) is 7.41. The van der Waals surface area contributed by atoms with E-state index in [1.54, 1.807) is 11.1 Å². The number of aromatic amines is 1. The highest BCUT2D eigenvalue weighted by molar-refractivity contribution is 6.22. The molecular weight excluding hydrogens is 414 g/mol. The molecule has 0 radical (unpaired) electrons. The minimum Gasteiger partial charge on any atom is -0.359 e. The number of benzene rings is 1. The zero-order chi connectivity index (χ0) is 22.4. The molecule has 1 aromatic carbocycles. The second-order valence-electron chi connectivity index (χ2n) is 7.60. The largest absolute Gasteiger partial charge is 0.359 e. The molecule has 0 saturated heterocycles. The average Bonchev–Trinajstić information content (AvgIpc) is 3.34. The number of nitro groups is 1. The highest BCUT2D eigenvalue weighted by Crippen LogP contribution is 2.29. The van der Waals surface area contributed by atoms with Gasteiger partial charge >= 0.3 is 0 Å². The van der Waals surface area contributed by atoms with Crippen molar-refractivity contribution < 1.29 is 19.3 Å². The standard InChI is InChI=1S/C22H17N5O5/c28-19(12-26-21(29)15-4-3-14(27(31)32)10-16(15)22(26)30)25-8-5-13(6-9-25)17-11-24-18-2-1-7-23-20(17)18/h1-5,7,10-11,24H,6,8-9,12H2. The molecule has 0 unspecified atom stereocenters. The number of rotatable bonds is 4. The van der Waals surface area contributed by atoms with Crippen molar-refractivity contribution in [1.82, 2.24) is 19.8 Å². The quantitative estimate of drug-likeness (QED) is 0.384. The van der Waals surface area contributed by atoms with Crippen LogP contribution in [0.2, 0.25) is 0 Å². The van der Waals surface area contributed by atoms with E-state index in [2.05, 4.69) is 9.97 Å². The Morgan fingerprint density at radius 2 is 1.97 bits per heavy atom. The van der Waals surface area contributed by atoms with Crippen LogP contribution in [0.1, 0.15) is 32.7 Å². The summed E-state index contributed by atoms with van der Waals surface area (Å²) in [4.78, 5) is 58.4. The van der Waals surface area contributed by atoms with Crippen molar-refractivity contribution in [2.75, 3.05) is 19.6 Å². The lowest BCUT2D eigenvalue weighted by Gasteiger charge is -2.27. The van der Waals surface area contributed by atoms with Gasteiger partial charge in [0.1, 0.15) is 6.54 Å². The predicted molar refractivity (Wildman–Crippen MR) is 114 cm³/mol. The first-order chi connectivity index (χ1) is 15.4. The number of fused-ring (bicyclic) bond motifs is 2. The van der Waals surface area contributed by atoms with Gasteiger partial charge in [-0.1, -0.05) is 6.08 Å². The van der Waals surface area contributed by atoms with Crippen LogP contribution in [0.5, 0.6) is 0 Å². The first kappa shape index (κ1) is 19.6. The molecular formula is C22H17N5O5. The summed E-state index contributed by atoms with van der Waals surface area (Å²) in [5.74, 6) is -1.67. The number of hydrogen-bond donors (Lipinski definition) is 1. The number of H-pyrrole nitrogens is 1. The lowest BCUT2D eigenvalue weighted by Crippen LogP contribution is -2.44. The summed E-state index contributed by atoms with van der Waals surface area (Å²) in [5.41, 5.74) is 3.62. The molecule has 0 aliphatic carbocycles. The van der Waals surface area contributed by atoms with Crippen molar-refractivity contribution in [2.24, 2.45) is 0 Å². The summed E-state index contributed by atoms with van der Waals surface area (Å²) in [7, 11) is 0. The smallest absolute Gasteiger partial charge is 0.270 e. The Balaban J connectivity index is 1.29. The average molecular weight is 431 g/mol. The van der Waals surface area contributed by atoms with Crippen molar-refractivity contribution in [3.05, 3.63) is 75.6 Å². The van der Waals surface area contributed by atoms with Crippen LogP contribution in [-0.2, 0) is 4.79 Å². The Labute approximate surface area is 181 Å². The summed E-state index contributed by atoms with van der Waals surface area (Å²) in [6, 6.07) is 7.30. The number of carbonyl (C=O) groups is 3. The van der Waals surface area contributed by atoms with Gasteiger partial charge in [0.25, 0.3) is 17.5 Å². The predicted octanol–water partition coefficient (Wildman–Crippen LogP) is 2.38. The molecule has 0 atom stereocenters. The van der Waals surface area contributed by atoms with Gasteiger partial charge in [-0.15, -0.1) is 0 Å². The number of non-ortho nitro benzene ring substituents is 1. The van der Waals surface area contributed by atoms with Crippen LogP contribution in [-0.4, -0.2) is 62.0 Å². The second-order valence-corrected chi connectivity index (χ2v) is 7.60. The fourth-order valence-corrected chi connectivity index (χ4v) is 4.11. The van der Waals surface area contributed by atoms with Gasteiger partial charge < -0.3 is 9.88 Å². The molecule has 0 fully saturated rings. The van der Waals surface area contributed by atoms with Crippen molar-refractivity contribution >= 4 is 40.0 Å². The van der Waals surface area contributed by atoms with E-state index < -0.39 is 23.3 Å². The number of nitrogens with one attached hydrogen (secondary N) is 1. The molecule has 2 aliphatic rings. The third-order valence-corrected chi connectivity index (χ3v) is 5.80. The topological polar surface area (TPSA) is 130 Å². The zero-order valence-corrected chi connectivity index (χ0v) is 16.8. The number of hydrogen-bond acceptors (Lipinski definition) is 6. The minimum absolute atomic E-state index is 0.0512. The third kappa shape index (κ3) is 3.13. The number of nitro benzene ring substituents is 1. The van der Waals surface area contributed by atoms with Gasteiger partial charge in [0, 0.05) is 43.2 Å². The lowest BCUT2D eigenvalue weighted by atomic mass is 10.0. The van der Waals surface area contributed by atoms with Crippen molar-refractivity contribution in [2.45, 2.75) is 6.42 Å². The van der Waals surface area contributed by atoms with Gasteiger partial charge in [-0.3, -0.25) is 34.4 Å². The Bertz CT molecular complexity index is 1340. The van der Waals surface area contributed by atoms with Gasteiger partial charge in [-0.25, -0.2) is 0 Å². The number of carbonyl (C=O) groups excluding carboxylic acids is 3. The summed E-state index contributed by atoms with van der Waals surface area (Å²) >= 11 is 0. The molecule has 4 heterocycles. The van der Waals surface area contributed by atoms with Gasteiger partial charge in [0.2, 0.25) is 5.91 Å². The normalized spacial score (nSPS) is 15.8. The molecule has 1 N–H and O–H groups in total. The molecule has 32 heavy (non-hydrogen) atoms. The van der Waals surface area contributed by atoms with E-state index >= 15 is 0 Å². The number of nitrogens with zero attached hydrogens (tertiary/aromatic N) is 4. The molecule has 0 saturated carbocycles. The van der Waals surface area contributed by atoms with E-state index in [1.165, 1.54) is 12.1 Å². The Kier molecular flexibility index (Phi) is 4.54. The number of amides is 3. The molecule has 5 rings (SSSR count).